The van der Waals surface area contributed by atoms with E-state index in [0.717, 1.165) is 22.7 Å². The van der Waals surface area contributed by atoms with Crippen LogP contribution in [0.15, 0.2) is 30.6 Å². The maximum absolute atomic E-state index is 4.71. The van der Waals surface area contributed by atoms with E-state index in [0.29, 0.717) is 5.92 Å². The molecule has 5 heteroatoms. The summed E-state index contributed by atoms with van der Waals surface area (Å²) in [4.78, 5) is 4.71. The summed E-state index contributed by atoms with van der Waals surface area (Å²) in [5.41, 5.74) is 2.03. The van der Waals surface area contributed by atoms with Gasteiger partial charge < -0.3 is 0 Å². The van der Waals surface area contributed by atoms with Crippen LogP contribution < -0.4 is 0 Å². The van der Waals surface area contributed by atoms with Crippen LogP contribution in [-0.2, 0) is 0 Å². The zero-order valence-electron chi connectivity index (χ0n) is 11.3. The van der Waals surface area contributed by atoms with E-state index in [9.17, 15) is 0 Å². The Balaban J connectivity index is 1.70. The van der Waals surface area contributed by atoms with Crippen molar-refractivity contribution < 1.29 is 0 Å². The quantitative estimate of drug-likeness (QED) is 0.775. The second-order valence-electron chi connectivity index (χ2n) is 5.47. The van der Waals surface area contributed by atoms with Crippen LogP contribution in [0.3, 0.4) is 0 Å². The highest BCUT2D eigenvalue weighted by molar-refractivity contribution is 5.75. The Labute approximate surface area is 117 Å². The van der Waals surface area contributed by atoms with Crippen molar-refractivity contribution in [2.24, 2.45) is 0 Å². The molecule has 0 bridgehead atoms. The first-order valence-electron chi connectivity index (χ1n) is 7.27. The van der Waals surface area contributed by atoms with Crippen LogP contribution >= 0.6 is 0 Å². The molecule has 3 aromatic rings. The predicted octanol–water partition coefficient (Wildman–Crippen LogP) is 3.17. The zero-order valence-corrected chi connectivity index (χ0v) is 11.3. The molecular formula is C15H17N5. The molecule has 0 spiro atoms. The first kappa shape index (κ1) is 11.6. The van der Waals surface area contributed by atoms with Gasteiger partial charge in [-0.05, 0) is 25.0 Å². The fraction of sp³-hybridized carbons (Fsp3) is 0.400. The molecule has 1 aliphatic rings. The maximum atomic E-state index is 4.71. The number of aromatic nitrogens is 5. The van der Waals surface area contributed by atoms with Crippen molar-refractivity contribution >= 4 is 5.52 Å². The standard InChI is InChI=1S/C15H17N5/c1-2-6-11(7-3-1)14-17-15(19-18-14)12-10-16-20-9-5-4-8-13(12)20/h4-5,8-11H,1-3,6-7H2,(H,17,18,19). The Bertz CT molecular complexity index is 721. The molecule has 0 aliphatic heterocycles. The van der Waals surface area contributed by atoms with Crippen LogP contribution in [0.1, 0.15) is 43.8 Å². The molecule has 5 nitrogen and oxygen atoms in total. The normalized spacial score (nSPS) is 16.8. The molecule has 0 unspecified atom stereocenters. The molecule has 0 saturated heterocycles. The lowest BCUT2D eigenvalue weighted by Crippen LogP contribution is -2.06. The average Bonchev–Trinajstić information content (AvgIpc) is 3.14. The van der Waals surface area contributed by atoms with Crippen molar-refractivity contribution in [3.05, 3.63) is 36.4 Å². The van der Waals surface area contributed by atoms with Crippen molar-refractivity contribution in [1.82, 2.24) is 24.8 Å². The SMILES string of the molecule is c1ccn2ncc(-c3n[nH]c(C4CCCCC4)n3)c2c1. The number of H-pyrrole nitrogens is 1. The van der Waals surface area contributed by atoms with Crippen LogP contribution in [0.25, 0.3) is 16.9 Å². The lowest BCUT2D eigenvalue weighted by atomic mass is 9.89. The summed E-state index contributed by atoms with van der Waals surface area (Å²) in [6, 6.07) is 6.02. The summed E-state index contributed by atoms with van der Waals surface area (Å²) in [5.74, 6) is 2.34. The van der Waals surface area contributed by atoms with Crippen molar-refractivity contribution in [1.29, 1.82) is 0 Å². The molecule has 3 aromatic heterocycles. The molecule has 1 aliphatic carbocycles. The van der Waals surface area contributed by atoms with Gasteiger partial charge in [0, 0.05) is 12.1 Å². The smallest absolute Gasteiger partial charge is 0.184 e. The minimum absolute atomic E-state index is 0.548. The van der Waals surface area contributed by atoms with E-state index in [4.69, 9.17) is 4.98 Å². The van der Waals surface area contributed by atoms with Gasteiger partial charge in [-0.1, -0.05) is 25.3 Å². The molecule has 0 aromatic carbocycles. The second kappa shape index (κ2) is 4.74. The molecule has 1 fully saturated rings. The highest BCUT2D eigenvalue weighted by atomic mass is 15.2. The molecule has 1 N–H and O–H groups in total. The number of pyridine rings is 1. The van der Waals surface area contributed by atoms with Gasteiger partial charge in [-0.2, -0.15) is 10.2 Å². The van der Waals surface area contributed by atoms with E-state index in [1.54, 1.807) is 0 Å². The molecule has 0 amide bonds. The lowest BCUT2D eigenvalue weighted by molar-refractivity contribution is 0.429. The van der Waals surface area contributed by atoms with Gasteiger partial charge in [-0.3, -0.25) is 5.10 Å². The van der Waals surface area contributed by atoms with E-state index < -0.39 is 0 Å². The van der Waals surface area contributed by atoms with Crippen LogP contribution in [0.4, 0.5) is 0 Å². The van der Waals surface area contributed by atoms with E-state index in [1.807, 2.05) is 35.1 Å². The second-order valence-corrected chi connectivity index (χ2v) is 5.47. The molecule has 0 atom stereocenters. The summed E-state index contributed by atoms with van der Waals surface area (Å²) < 4.78 is 1.85. The number of hydrogen-bond acceptors (Lipinski definition) is 3. The van der Waals surface area contributed by atoms with Crippen molar-refractivity contribution in [3.8, 4) is 11.4 Å². The van der Waals surface area contributed by atoms with E-state index in [-0.39, 0.29) is 0 Å². The van der Waals surface area contributed by atoms with Gasteiger partial charge in [0.2, 0.25) is 0 Å². The number of hydrogen-bond donors (Lipinski definition) is 1. The molecule has 20 heavy (non-hydrogen) atoms. The molecule has 3 heterocycles. The highest BCUT2D eigenvalue weighted by Crippen LogP contribution is 2.31. The fourth-order valence-electron chi connectivity index (χ4n) is 3.06. The van der Waals surface area contributed by atoms with Crippen LogP contribution in [-0.4, -0.2) is 24.8 Å². The number of nitrogens with zero attached hydrogens (tertiary/aromatic N) is 4. The van der Waals surface area contributed by atoms with Gasteiger partial charge in [-0.15, -0.1) is 0 Å². The lowest BCUT2D eigenvalue weighted by Gasteiger charge is -2.18. The molecule has 102 valence electrons. The minimum Gasteiger partial charge on any atom is -0.262 e. The van der Waals surface area contributed by atoms with Crippen LogP contribution in [0, 0.1) is 0 Å². The van der Waals surface area contributed by atoms with Gasteiger partial charge in [0.1, 0.15) is 5.82 Å². The zero-order chi connectivity index (χ0) is 13.4. The predicted molar refractivity (Wildman–Crippen MR) is 76.4 cm³/mol. The Morgan fingerprint density at radius 3 is 2.95 bits per heavy atom. The topological polar surface area (TPSA) is 58.9 Å². The number of fused-ring (bicyclic) bond motifs is 1. The summed E-state index contributed by atoms with van der Waals surface area (Å²) >= 11 is 0. The van der Waals surface area contributed by atoms with E-state index in [2.05, 4.69) is 15.3 Å². The largest absolute Gasteiger partial charge is 0.262 e. The molecule has 1 saturated carbocycles. The van der Waals surface area contributed by atoms with Gasteiger partial charge in [0.15, 0.2) is 5.82 Å². The Morgan fingerprint density at radius 2 is 2.05 bits per heavy atom. The van der Waals surface area contributed by atoms with Gasteiger partial charge in [0.05, 0.1) is 17.3 Å². The number of nitrogens with one attached hydrogen (secondary N) is 1. The summed E-state index contributed by atoms with van der Waals surface area (Å²) in [5, 5.41) is 11.9. The van der Waals surface area contributed by atoms with Crippen molar-refractivity contribution in [2.45, 2.75) is 38.0 Å². The number of aromatic amines is 1. The maximum Gasteiger partial charge on any atom is 0.184 e. The third-order valence-corrected chi connectivity index (χ3v) is 4.16. The van der Waals surface area contributed by atoms with Gasteiger partial charge >= 0.3 is 0 Å². The first-order valence-corrected chi connectivity index (χ1v) is 7.27. The number of rotatable bonds is 2. The van der Waals surface area contributed by atoms with E-state index in [1.165, 1.54) is 32.1 Å². The molecular weight excluding hydrogens is 250 g/mol. The Hall–Kier alpha value is -2.17. The third kappa shape index (κ3) is 1.90. The monoisotopic (exact) mass is 267 g/mol. The van der Waals surface area contributed by atoms with Crippen molar-refractivity contribution in [2.75, 3.05) is 0 Å². The third-order valence-electron chi connectivity index (χ3n) is 4.16. The van der Waals surface area contributed by atoms with Crippen LogP contribution in [0.2, 0.25) is 0 Å². The summed E-state index contributed by atoms with van der Waals surface area (Å²) in [6.07, 6.45) is 10.2. The highest BCUT2D eigenvalue weighted by Gasteiger charge is 2.20. The average molecular weight is 267 g/mol. The molecule has 0 radical (unpaired) electrons. The molecule has 4 rings (SSSR count). The minimum atomic E-state index is 0.548. The first-order chi connectivity index (χ1) is 9.92. The Kier molecular flexibility index (Phi) is 2.76. The van der Waals surface area contributed by atoms with Gasteiger partial charge in [-0.25, -0.2) is 9.50 Å². The van der Waals surface area contributed by atoms with Gasteiger partial charge in [0.25, 0.3) is 0 Å². The van der Waals surface area contributed by atoms with E-state index >= 15 is 0 Å². The van der Waals surface area contributed by atoms with Crippen LogP contribution in [0.5, 0.6) is 0 Å². The Morgan fingerprint density at radius 1 is 1.15 bits per heavy atom. The summed E-state index contributed by atoms with van der Waals surface area (Å²) in [6.45, 7) is 0. The fourth-order valence-corrected chi connectivity index (χ4v) is 3.06. The van der Waals surface area contributed by atoms with Crippen molar-refractivity contribution in [3.63, 3.8) is 0 Å². The summed E-state index contributed by atoms with van der Waals surface area (Å²) in [7, 11) is 0.